The molecule has 2 aromatic rings. The Morgan fingerprint density at radius 3 is 2.64 bits per heavy atom. The first kappa shape index (κ1) is 15.8. The third-order valence-corrected chi connectivity index (χ3v) is 3.47. The van der Waals surface area contributed by atoms with Crippen LogP contribution in [0.1, 0.15) is 27.2 Å². The van der Waals surface area contributed by atoms with Crippen LogP contribution in [0.5, 0.6) is 0 Å². The molecule has 1 heterocycles. The number of hydrogen-bond acceptors (Lipinski definition) is 2. The van der Waals surface area contributed by atoms with Gasteiger partial charge in [0.1, 0.15) is 5.82 Å². The Kier molecular flexibility index (Phi) is 4.60. The second kappa shape index (κ2) is 6.43. The number of hydrogen-bond donors (Lipinski definition) is 2. The molecule has 116 valence electrons. The number of amides is 1. The van der Waals surface area contributed by atoms with E-state index in [1.54, 1.807) is 42.9 Å². The maximum atomic E-state index is 13.5. The van der Waals surface area contributed by atoms with E-state index < -0.39 is 5.97 Å². The molecule has 2 rings (SSSR count). The minimum Gasteiger partial charge on any atom is -0.478 e. The number of carbonyl (C=O) groups is 2. The number of nitrogens with zero attached hydrogens (tertiary/aromatic N) is 1. The van der Waals surface area contributed by atoms with Crippen LogP contribution in [0, 0.1) is 12.7 Å². The van der Waals surface area contributed by atoms with Crippen LogP contribution in [-0.2, 0) is 24.8 Å². The van der Waals surface area contributed by atoms with Gasteiger partial charge in [-0.15, -0.1) is 0 Å². The summed E-state index contributed by atoms with van der Waals surface area (Å²) in [7, 11) is 1.69. The Bertz CT molecular complexity index is 722. The van der Waals surface area contributed by atoms with E-state index in [1.807, 2.05) is 0 Å². The maximum absolute atomic E-state index is 13.5. The van der Waals surface area contributed by atoms with Crippen LogP contribution < -0.4 is 5.32 Å². The molecule has 1 amide bonds. The van der Waals surface area contributed by atoms with E-state index in [0.29, 0.717) is 16.8 Å². The van der Waals surface area contributed by atoms with Crippen LogP contribution in [0.4, 0.5) is 4.39 Å². The molecule has 0 atom stereocenters. The molecule has 0 unspecified atom stereocenters. The van der Waals surface area contributed by atoms with Crippen molar-refractivity contribution in [3.05, 3.63) is 58.7 Å². The summed E-state index contributed by atoms with van der Waals surface area (Å²) in [5.41, 5.74) is 1.56. The van der Waals surface area contributed by atoms with Crippen molar-refractivity contribution in [3.8, 4) is 0 Å². The lowest BCUT2D eigenvalue weighted by Crippen LogP contribution is -2.26. The molecule has 0 bridgehead atoms. The number of aromatic nitrogens is 1. The van der Waals surface area contributed by atoms with E-state index in [9.17, 15) is 19.1 Å². The largest absolute Gasteiger partial charge is 0.478 e. The fourth-order valence-electron chi connectivity index (χ4n) is 2.39. The first-order chi connectivity index (χ1) is 10.4. The molecule has 0 radical (unpaired) electrons. The van der Waals surface area contributed by atoms with Crippen LogP contribution in [0.15, 0.2) is 30.5 Å². The van der Waals surface area contributed by atoms with Gasteiger partial charge in [-0.25, -0.2) is 9.18 Å². The molecule has 0 aliphatic heterocycles. The van der Waals surface area contributed by atoms with Gasteiger partial charge in [-0.05, 0) is 18.6 Å². The highest BCUT2D eigenvalue weighted by Gasteiger charge is 2.19. The van der Waals surface area contributed by atoms with Crippen LogP contribution in [0.25, 0.3) is 0 Å². The number of carbonyl (C=O) groups excluding carboxylic acids is 1. The highest BCUT2D eigenvalue weighted by Crippen LogP contribution is 2.17. The monoisotopic (exact) mass is 304 g/mol. The summed E-state index contributed by atoms with van der Waals surface area (Å²) in [4.78, 5) is 23.3. The summed E-state index contributed by atoms with van der Waals surface area (Å²) >= 11 is 0. The highest BCUT2D eigenvalue weighted by molar-refractivity contribution is 5.93. The second-order valence-electron chi connectivity index (χ2n) is 5.09. The van der Waals surface area contributed by atoms with Crippen molar-refractivity contribution in [1.82, 2.24) is 9.88 Å². The Morgan fingerprint density at radius 1 is 1.32 bits per heavy atom. The molecular weight excluding hydrogens is 287 g/mol. The van der Waals surface area contributed by atoms with E-state index >= 15 is 0 Å². The van der Waals surface area contributed by atoms with E-state index in [2.05, 4.69) is 5.32 Å². The minimum absolute atomic E-state index is 0.0668. The third-order valence-electron chi connectivity index (χ3n) is 3.47. The van der Waals surface area contributed by atoms with Crippen molar-refractivity contribution in [2.75, 3.05) is 0 Å². The van der Waals surface area contributed by atoms with Crippen molar-refractivity contribution in [2.45, 2.75) is 19.9 Å². The number of rotatable bonds is 5. The van der Waals surface area contributed by atoms with Gasteiger partial charge in [0.2, 0.25) is 5.91 Å². The summed E-state index contributed by atoms with van der Waals surface area (Å²) in [5.74, 6) is -1.80. The zero-order valence-electron chi connectivity index (χ0n) is 12.4. The van der Waals surface area contributed by atoms with Crippen molar-refractivity contribution < 1.29 is 19.1 Å². The van der Waals surface area contributed by atoms with Gasteiger partial charge in [-0.1, -0.05) is 18.2 Å². The summed E-state index contributed by atoms with van der Waals surface area (Å²) in [5, 5.41) is 11.8. The number of nitrogens with one attached hydrogen (secondary N) is 1. The van der Waals surface area contributed by atoms with E-state index in [0.717, 1.165) is 0 Å². The lowest BCUT2D eigenvalue weighted by molar-refractivity contribution is -0.120. The summed E-state index contributed by atoms with van der Waals surface area (Å²) in [6, 6.07) is 6.18. The van der Waals surface area contributed by atoms with Crippen LogP contribution >= 0.6 is 0 Å². The van der Waals surface area contributed by atoms with Crippen molar-refractivity contribution >= 4 is 11.9 Å². The van der Waals surface area contributed by atoms with Gasteiger partial charge in [-0.3, -0.25) is 4.79 Å². The van der Waals surface area contributed by atoms with Gasteiger partial charge >= 0.3 is 5.97 Å². The fraction of sp³-hybridized carbons (Fsp3) is 0.250. The Morgan fingerprint density at radius 2 is 2.00 bits per heavy atom. The quantitative estimate of drug-likeness (QED) is 0.888. The van der Waals surface area contributed by atoms with Gasteiger partial charge in [0.25, 0.3) is 0 Å². The lowest BCUT2D eigenvalue weighted by atomic mass is 10.1. The molecule has 0 spiro atoms. The summed E-state index contributed by atoms with van der Waals surface area (Å²) < 4.78 is 15.1. The minimum atomic E-state index is -1.06. The van der Waals surface area contributed by atoms with Gasteiger partial charge in [-0.2, -0.15) is 0 Å². The fourth-order valence-corrected chi connectivity index (χ4v) is 2.39. The topological polar surface area (TPSA) is 71.3 Å². The smallest absolute Gasteiger partial charge is 0.337 e. The molecule has 0 fully saturated rings. The molecule has 0 saturated carbocycles. The third kappa shape index (κ3) is 3.33. The van der Waals surface area contributed by atoms with Crippen LogP contribution in [-0.4, -0.2) is 21.6 Å². The Labute approximate surface area is 127 Å². The van der Waals surface area contributed by atoms with Gasteiger partial charge in [0.05, 0.1) is 12.0 Å². The van der Waals surface area contributed by atoms with Crippen LogP contribution in [0.2, 0.25) is 0 Å². The molecule has 1 aromatic heterocycles. The molecule has 0 aliphatic carbocycles. The number of carboxylic acids is 1. The predicted molar refractivity (Wildman–Crippen MR) is 79.1 cm³/mol. The van der Waals surface area contributed by atoms with Gasteiger partial charge in [0.15, 0.2) is 0 Å². The highest BCUT2D eigenvalue weighted by atomic mass is 19.1. The Balaban J connectivity index is 2.07. The first-order valence-electron chi connectivity index (χ1n) is 6.78. The first-order valence-corrected chi connectivity index (χ1v) is 6.78. The molecule has 5 nitrogen and oxygen atoms in total. The molecule has 0 saturated heterocycles. The van der Waals surface area contributed by atoms with Crippen molar-refractivity contribution in [2.24, 2.45) is 7.05 Å². The van der Waals surface area contributed by atoms with Crippen LogP contribution in [0.3, 0.4) is 0 Å². The number of carboxylic acid groups (broad SMARTS) is 1. The molecule has 2 N–H and O–H groups in total. The van der Waals surface area contributed by atoms with Gasteiger partial charge in [0, 0.05) is 31.0 Å². The predicted octanol–water partition coefficient (Wildman–Crippen LogP) is 2.03. The molecule has 1 aromatic carbocycles. The standard InChI is InChI=1S/C16H17FN2O3/c1-10-9-19(2)13(15(10)16(21)22)7-14(20)18-8-11-5-3-4-6-12(11)17/h3-6,9H,7-8H2,1-2H3,(H,18,20)(H,21,22). The molecule has 22 heavy (non-hydrogen) atoms. The van der Waals surface area contributed by atoms with Crippen molar-refractivity contribution in [3.63, 3.8) is 0 Å². The molecule has 0 aliphatic rings. The average Bonchev–Trinajstić information content (AvgIpc) is 2.72. The SMILES string of the molecule is Cc1cn(C)c(CC(=O)NCc2ccccc2F)c1C(=O)O. The number of benzene rings is 1. The summed E-state index contributed by atoms with van der Waals surface area (Å²) in [6.45, 7) is 1.75. The normalized spacial score (nSPS) is 10.5. The zero-order chi connectivity index (χ0) is 16.3. The van der Waals surface area contributed by atoms with Gasteiger partial charge < -0.3 is 15.0 Å². The van der Waals surface area contributed by atoms with E-state index in [-0.39, 0.29) is 30.3 Å². The van der Waals surface area contributed by atoms with E-state index in [4.69, 9.17) is 0 Å². The Hall–Kier alpha value is -2.63. The number of aromatic carboxylic acids is 1. The second-order valence-corrected chi connectivity index (χ2v) is 5.09. The zero-order valence-corrected chi connectivity index (χ0v) is 12.4. The molecule has 6 heteroatoms. The number of halogens is 1. The lowest BCUT2D eigenvalue weighted by Gasteiger charge is -2.08. The van der Waals surface area contributed by atoms with Crippen molar-refractivity contribution in [1.29, 1.82) is 0 Å². The van der Waals surface area contributed by atoms with E-state index in [1.165, 1.54) is 6.07 Å². The maximum Gasteiger partial charge on any atom is 0.337 e. The molecular formula is C16H17FN2O3. The average molecular weight is 304 g/mol. The summed E-state index contributed by atoms with van der Waals surface area (Å²) in [6.07, 6.45) is 1.60. The number of aryl methyl sites for hydroxylation is 2.